The fourth-order valence-electron chi connectivity index (χ4n) is 2.85. The first kappa shape index (κ1) is 22.0. The molecule has 0 aliphatic heterocycles. The summed E-state index contributed by atoms with van der Waals surface area (Å²) in [5.74, 6) is -0.904. The molecule has 0 amide bonds. The predicted molar refractivity (Wildman–Crippen MR) is 108 cm³/mol. The number of halogens is 1. The molecule has 5 heteroatoms. The molecule has 0 bridgehead atoms. The zero-order chi connectivity index (χ0) is 18.5. The molecule has 0 spiro atoms. The van der Waals surface area contributed by atoms with Crippen molar-refractivity contribution in [3.63, 3.8) is 0 Å². The number of carboxylic acid groups (broad SMARTS) is 1. The number of nitrogens with zero attached hydrogens (tertiary/aromatic N) is 1. The van der Waals surface area contributed by atoms with E-state index in [-0.39, 0.29) is 0 Å². The van der Waals surface area contributed by atoms with Gasteiger partial charge in [0.2, 0.25) is 0 Å². The second kappa shape index (κ2) is 13.2. The highest BCUT2D eigenvalue weighted by Crippen LogP contribution is 2.18. The average Bonchev–Trinajstić information content (AvgIpc) is 2.61. The van der Waals surface area contributed by atoms with Crippen LogP contribution in [0, 0.1) is 0 Å². The number of carbonyl (C=O) groups is 1. The topological polar surface area (TPSA) is 49.8 Å². The molecule has 1 aromatic carbocycles. The lowest BCUT2D eigenvalue weighted by molar-refractivity contribution is -0.149. The van der Waals surface area contributed by atoms with Gasteiger partial charge in [-0.25, -0.2) is 4.79 Å². The van der Waals surface area contributed by atoms with E-state index >= 15 is 0 Å². The Balaban J connectivity index is 2.61. The Morgan fingerprint density at radius 2 is 1.80 bits per heavy atom. The SMILES string of the molecule is CCCCCCCN(CCBr)c1ccc(CC(OCC)C(=O)O)cc1. The molecule has 0 fully saturated rings. The van der Waals surface area contributed by atoms with Crippen molar-refractivity contribution in [1.29, 1.82) is 0 Å². The standard InChI is InChI=1S/C20H32BrNO3/c1-3-5-6-7-8-14-22(15-13-21)18-11-9-17(10-12-18)16-19(20(23)24)25-4-2/h9-12,19H,3-8,13-16H2,1-2H3,(H,23,24). The number of rotatable bonds is 14. The average molecular weight is 414 g/mol. The molecular formula is C20H32BrNO3. The van der Waals surface area contributed by atoms with Crippen LogP contribution in [-0.4, -0.2) is 42.2 Å². The summed E-state index contributed by atoms with van der Waals surface area (Å²) in [7, 11) is 0. The number of hydrogen-bond acceptors (Lipinski definition) is 3. The van der Waals surface area contributed by atoms with E-state index in [9.17, 15) is 9.90 Å². The van der Waals surface area contributed by atoms with Crippen molar-refractivity contribution in [2.24, 2.45) is 0 Å². The Morgan fingerprint density at radius 1 is 1.12 bits per heavy atom. The Hall–Kier alpha value is -1.07. The minimum absolute atomic E-state index is 0.402. The zero-order valence-electron chi connectivity index (χ0n) is 15.5. The van der Waals surface area contributed by atoms with Gasteiger partial charge in [0.15, 0.2) is 6.10 Å². The smallest absolute Gasteiger partial charge is 0.333 e. The van der Waals surface area contributed by atoms with Crippen LogP contribution in [-0.2, 0) is 16.0 Å². The van der Waals surface area contributed by atoms with Crippen molar-refractivity contribution in [2.45, 2.75) is 58.5 Å². The summed E-state index contributed by atoms with van der Waals surface area (Å²) in [5.41, 5.74) is 2.19. The number of ether oxygens (including phenoxy) is 1. The third-order valence-corrected chi connectivity index (χ3v) is 4.61. The van der Waals surface area contributed by atoms with Gasteiger partial charge in [-0.3, -0.25) is 0 Å². The first-order valence-corrected chi connectivity index (χ1v) is 10.5. The number of anilines is 1. The molecular weight excluding hydrogens is 382 g/mol. The van der Waals surface area contributed by atoms with Gasteiger partial charge in [-0.15, -0.1) is 0 Å². The fourth-order valence-corrected chi connectivity index (χ4v) is 3.28. The van der Waals surface area contributed by atoms with Gasteiger partial charge in [0.05, 0.1) is 0 Å². The predicted octanol–water partition coefficient (Wildman–Crippen LogP) is 4.89. The number of alkyl halides is 1. The van der Waals surface area contributed by atoms with E-state index in [2.05, 4.69) is 39.9 Å². The maximum Gasteiger partial charge on any atom is 0.333 e. The molecule has 0 radical (unpaired) electrons. The number of unbranched alkanes of at least 4 members (excludes halogenated alkanes) is 4. The van der Waals surface area contributed by atoms with Crippen LogP contribution in [0.1, 0.15) is 51.5 Å². The van der Waals surface area contributed by atoms with E-state index in [1.807, 2.05) is 19.1 Å². The van der Waals surface area contributed by atoms with Crippen LogP contribution < -0.4 is 4.90 Å². The lowest BCUT2D eigenvalue weighted by Crippen LogP contribution is -2.27. The Bertz CT molecular complexity index is 478. The summed E-state index contributed by atoms with van der Waals surface area (Å²) >= 11 is 3.54. The number of hydrogen-bond donors (Lipinski definition) is 1. The summed E-state index contributed by atoms with van der Waals surface area (Å²) in [6.45, 7) is 6.50. The minimum Gasteiger partial charge on any atom is -0.479 e. The number of aliphatic carboxylic acids is 1. The summed E-state index contributed by atoms with van der Waals surface area (Å²) < 4.78 is 5.29. The van der Waals surface area contributed by atoms with Crippen LogP contribution in [0.4, 0.5) is 5.69 Å². The van der Waals surface area contributed by atoms with Gasteiger partial charge in [-0.05, 0) is 31.0 Å². The van der Waals surface area contributed by atoms with Crippen molar-refractivity contribution in [3.05, 3.63) is 29.8 Å². The highest BCUT2D eigenvalue weighted by molar-refractivity contribution is 9.09. The molecule has 0 heterocycles. The second-order valence-electron chi connectivity index (χ2n) is 6.24. The monoisotopic (exact) mass is 413 g/mol. The Kier molecular flexibility index (Phi) is 11.6. The molecule has 1 N–H and O–H groups in total. The maximum atomic E-state index is 11.2. The van der Waals surface area contributed by atoms with Gasteiger partial charge in [0.25, 0.3) is 0 Å². The van der Waals surface area contributed by atoms with Crippen molar-refractivity contribution in [2.75, 3.05) is 29.9 Å². The highest BCUT2D eigenvalue weighted by Gasteiger charge is 2.18. The van der Waals surface area contributed by atoms with Crippen LogP contribution in [0.2, 0.25) is 0 Å². The Morgan fingerprint density at radius 3 is 2.36 bits per heavy atom. The van der Waals surface area contributed by atoms with Crippen LogP contribution in [0.15, 0.2) is 24.3 Å². The summed E-state index contributed by atoms with van der Waals surface area (Å²) in [5, 5.41) is 10.1. The number of benzene rings is 1. The molecule has 142 valence electrons. The van der Waals surface area contributed by atoms with E-state index in [4.69, 9.17) is 4.74 Å². The van der Waals surface area contributed by atoms with Crippen molar-refractivity contribution < 1.29 is 14.6 Å². The second-order valence-corrected chi connectivity index (χ2v) is 7.04. The molecule has 0 aromatic heterocycles. The summed E-state index contributed by atoms with van der Waals surface area (Å²) in [4.78, 5) is 13.6. The first-order chi connectivity index (χ1) is 12.1. The first-order valence-electron chi connectivity index (χ1n) is 9.36. The van der Waals surface area contributed by atoms with Crippen LogP contribution in [0.25, 0.3) is 0 Å². The zero-order valence-corrected chi connectivity index (χ0v) is 17.1. The third-order valence-electron chi connectivity index (χ3n) is 4.25. The highest BCUT2D eigenvalue weighted by atomic mass is 79.9. The van der Waals surface area contributed by atoms with Crippen LogP contribution in [0.5, 0.6) is 0 Å². The maximum absolute atomic E-state index is 11.2. The van der Waals surface area contributed by atoms with Gasteiger partial charge in [-0.1, -0.05) is 60.7 Å². The van der Waals surface area contributed by atoms with E-state index in [1.165, 1.54) is 37.8 Å². The Labute approximate surface area is 160 Å². The lowest BCUT2D eigenvalue weighted by Gasteiger charge is -2.24. The molecule has 0 saturated carbocycles. The van der Waals surface area contributed by atoms with Crippen molar-refractivity contribution >= 4 is 27.6 Å². The lowest BCUT2D eigenvalue weighted by atomic mass is 10.1. The molecule has 1 rings (SSSR count). The third kappa shape index (κ3) is 8.73. The molecule has 1 atom stereocenters. The van der Waals surface area contributed by atoms with Crippen LogP contribution in [0.3, 0.4) is 0 Å². The van der Waals surface area contributed by atoms with Gasteiger partial charge in [0.1, 0.15) is 0 Å². The molecule has 1 aromatic rings. The molecule has 0 aliphatic carbocycles. The van der Waals surface area contributed by atoms with Crippen molar-refractivity contribution in [1.82, 2.24) is 0 Å². The van der Waals surface area contributed by atoms with E-state index in [0.717, 1.165) is 24.0 Å². The fraction of sp³-hybridized carbons (Fsp3) is 0.650. The van der Waals surface area contributed by atoms with Crippen LogP contribution >= 0.6 is 15.9 Å². The van der Waals surface area contributed by atoms with Gasteiger partial charge in [-0.2, -0.15) is 0 Å². The largest absolute Gasteiger partial charge is 0.479 e. The summed E-state index contributed by atoms with van der Waals surface area (Å²) in [6, 6.07) is 8.22. The number of carboxylic acids is 1. The van der Waals surface area contributed by atoms with E-state index < -0.39 is 12.1 Å². The quantitative estimate of drug-likeness (QED) is 0.348. The van der Waals surface area contributed by atoms with Gasteiger partial charge >= 0.3 is 5.97 Å². The summed E-state index contributed by atoms with van der Waals surface area (Å²) in [6.07, 6.45) is 6.01. The van der Waals surface area contributed by atoms with Crippen molar-refractivity contribution in [3.8, 4) is 0 Å². The van der Waals surface area contributed by atoms with E-state index in [1.54, 1.807) is 0 Å². The molecule has 0 saturated heterocycles. The minimum atomic E-state index is -0.904. The van der Waals surface area contributed by atoms with Gasteiger partial charge in [0, 0.05) is 37.1 Å². The molecule has 1 unspecified atom stereocenters. The van der Waals surface area contributed by atoms with Gasteiger partial charge < -0.3 is 14.7 Å². The molecule has 0 aliphatic rings. The molecule has 25 heavy (non-hydrogen) atoms. The normalized spacial score (nSPS) is 12.1. The van der Waals surface area contributed by atoms with E-state index in [0.29, 0.717) is 13.0 Å². The molecule has 4 nitrogen and oxygen atoms in total.